The molecule has 0 aliphatic carbocycles. The number of aromatic hydroxyl groups is 1. The minimum absolute atomic E-state index is 0.0546. The Bertz CT molecular complexity index is 459. The first-order valence-electron chi connectivity index (χ1n) is 6.18. The van der Waals surface area contributed by atoms with Crippen LogP contribution >= 0.6 is 0 Å². The molecular weight excluding hydrogens is 251 g/mol. The van der Waals surface area contributed by atoms with Crippen molar-refractivity contribution in [2.75, 3.05) is 32.7 Å². The number of piperazine rings is 1. The zero-order chi connectivity index (χ0) is 13.8. The Labute approximate surface area is 110 Å². The Kier molecular flexibility index (Phi) is 4.34. The van der Waals surface area contributed by atoms with Gasteiger partial charge in [0.1, 0.15) is 11.6 Å². The molecule has 0 saturated carbocycles. The van der Waals surface area contributed by atoms with Crippen LogP contribution in [0, 0.1) is 5.82 Å². The average Bonchev–Trinajstić information content (AvgIpc) is 2.35. The summed E-state index contributed by atoms with van der Waals surface area (Å²) in [6, 6.07) is 3.91. The molecule has 19 heavy (non-hydrogen) atoms. The quantitative estimate of drug-likeness (QED) is 0.843. The number of carboxylic acids is 1. The van der Waals surface area contributed by atoms with Crippen molar-refractivity contribution >= 4 is 5.97 Å². The highest BCUT2D eigenvalue weighted by Gasteiger charge is 2.19. The highest BCUT2D eigenvalue weighted by Crippen LogP contribution is 2.20. The number of rotatable bonds is 4. The Morgan fingerprint density at radius 1 is 1.21 bits per heavy atom. The monoisotopic (exact) mass is 268 g/mol. The van der Waals surface area contributed by atoms with Gasteiger partial charge in [-0.05, 0) is 18.2 Å². The molecular formula is C13H17FN2O3. The fraction of sp³-hybridized carbons (Fsp3) is 0.462. The van der Waals surface area contributed by atoms with E-state index in [9.17, 15) is 14.3 Å². The van der Waals surface area contributed by atoms with E-state index in [1.165, 1.54) is 18.2 Å². The van der Waals surface area contributed by atoms with E-state index < -0.39 is 5.97 Å². The maximum Gasteiger partial charge on any atom is 0.317 e. The third-order valence-corrected chi connectivity index (χ3v) is 3.26. The number of carboxylic acid groups (broad SMARTS) is 1. The van der Waals surface area contributed by atoms with Crippen molar-refractivity contribution in [3.63, 3.8) is 0 Å². The van der Waals surface area contributed by atoms with E-state index in [4.69, 9.17) is 5.11 Å². The van der Waals surface area contributed by atoms with Crippen molar-refractivity contribution in [3.8, 4) is 5.75 Å². The molecule has 0 aromatic heterocycles. The molecule has 0 amide bonds. The van der Waals surface area contributed by atoms with E-state index in [1.807, 2.05) is 4.90 Å². The van der Waals surface area contributed by atoms with Gasteiger partial charge in [0, 0.05) is 38.3 Å². The summed E-state index contributed by atoms with van der Waals surface area (Å²) >= 11 is 0. The standard InChI is InChI=1S/C13H17FN2O3/c14-11-1-2-12(17)10(7-11)8-15-3-5-16(6-4-15)9-13(18)19/h1-2,7,17H,3-6,8-9H2,(H,18,19). The number of hydrogen-bond donors (Lipinski definition) is 2. The van der Waals surface area contributed by atoms with Crippen LogP contribution in [0.25, 0.3) is 0 Å². The number of hydrogen-bond acceptors (Lipinski definition) is 4. The first-order valence-corrected chi connectivity index (χ1v) is 6.18. The van der Waals surface area contributed by atoms with Gasteiger partial charge in [-0.15, -0.1) is 0 Å². The van der Waals surface area contributed by atoms with Crippen molar-refractivity contribution in [2.45, 2.75) is 6.54 Å². The van der Waals surface area contributed by atoms with Crippen LogP contribution in [0.2, 0.25) is 0 Å². The fourth-order valence-electron chi connectivity index (χ4n) is 2.22. The maximum atomic E-state index is 13.1. The Morgan fingerprint density at radius 3 is 2.47 bits per heavy atom. The first-order chi connectivity index (χ1) is 9.04. The molecule has 6 heteroatoms. The number of phenols is 1. The molecule has 0 atom stereocenters. The van der Waals surface area contributed by atoms with E-state index in [-0.39, 0.29) is 18.1 Å². The molecule has 1 fully saturated rings. The molecule has 104 valence electrons. The Morgan fingerprint density at radius 2 is 1.84 bits per heavy atom. The van der Waals surface area contributed by atoms with Crippen LogP contribution in [0.4, 0.5) is 4.39 Å². The van der Waals surface area contributed by atoms with Crippen LogP contribution in [0.15, 0.2) is 18.2 Å². The highest BCUT2D eigenvalue weighted by molar-refractivity contribution is 5.69. The van der Waals surface area contributed by atoms with Crippen molar-refractivity contribution in [1.29, 1.82) is 0 Å². The maximum absolute atomic E-state index is 13.1. The van der Waals surface area contributed by atoms with Crippen molar-refractivity contribution in [3.05, 3.63) is 29.6 Å². The number of nitrogens with zero attached hydrogens (tertiary/aromatic N) is 2. The van der Waals surface area contributed by atoms with Crippen LogP contribution in [0.1, 0.15) is 5.56 Å². The molecule has 2 N–H and O–H groups in total. The van der Waals surface area contributed by atoms with Gasteiger partial charge in [0.2, 0.25) is 0 Å². The predicted octanol–water partition coefficient (Wildman–Crippen LogP) is 0.734. The van der Waals surface area contributed by atoms with Gasteiger partial charge in [-0.25, -0.2) is 4.39 Å². The average molecular weight is 268 g/mol. The van der Waals surface area contributed by atoms with Crippen molar-refractivity contribution in [1.82, 2.24) is 9.80 Å². The van der Waals surface area contributed by atoms with Gasteiger partial charge >= 0.3 is 5.97 Å². The molecule has 2 rings (SSSR count). The summed E-state index contributed by atoms with van der Waals surface area (Å²) in [6.45, 7) is 3.29. The number of aliphatic carboxylic acids is 1. The number of benzene rings is 1. The number of phenolic OH excluding ortho intramolecular Hbond substituents is 1. The summed E-state index contributed by atoms with van der Waals surface area (Å²) < 4.78 is 13.1. The Balaban J connectivity index is 1.88. The smallest absolute Gasteiger partial charge is 0.317 e. The van der Waals surface area contributed by atoms with Crippen LogP contribution in [-0.2, 0) is 11.3 Å². The van der Waals surface area contributed by atoms with Gasteiger partial charge in [0.05, 0.1) is 6.54 Å². The third-order valence-electron chi connectivity index (χ3n) is 3.26. The highest BCUT2D eigenvalue weighted by atomic mass is 19.1. The second-order valence-corrected chi connectivity index (χ2v) is 4.72. The molecule has 1 saturated heterocycles. The minimum Gasteiger partial charge on any atom is -0.508 e. The van der Waals surface area contributed by atoms with Gasteiger partial charge in [-0.3, -0.25) is 14.6 Å². The molecule has 1 aromatic rings. The van der Waals surface area contributed by atoms with Crippen LogP contribution < -0.4 is 0 Å². The summed E-state index contributed by atoms with van der Waals surface area (Å²) in [4.78, 5) is 14.5. The molecule has 5 nitrogen and oxygen atoms in total. The minimum atomic E-state index is -0.823. The topological polar surface area (TPSA) is 64.0 Å². The van der Waals surface area contributed by atoms with E-state index in [2.05, 4.69) is 4.90 Å². The number of carbonyl (C=O) groups is 1. The molecule has 0 unspecified atom stereocenters. The van der Waals surface area contributed by atoms with E-state index in [0.29, 0.717) is 38.3 Å². The van der Waals surface area contributed by atoms with Crippen LogP contribution in [0.3, 0.4) is 0 Å². The largest absolute Gasteiger partial charge is 0.508 e. The zero-order valence-electron chi connectivity index (χ0n) is 10.5. The van der Waals surface area contributed by atoms with Gasteiger partial charge in [-0.2, -0.15) is 0 Å². The normalized spacial score (nSPS) is 17.5. The summed E-state index contributed by atoms with van der Waals surface area (Å²) in [7, 11) is 0. The molecule has 1 aliphatic heterocycles. The lowest BCUT2D eigenvalue weighted by molar-refractivity contribution is -0.138. The van der Waals surface area contributed by atoms with Crippen LogP contribution in [-0.4, -0.2) is 58.7 Å². The van der Waals surface area contributed by atoms with Gasteiger partial charge in [0.25, 0.3) is 0 Å². The lowest BCUT2D eigenvalue weighted by atomic mass is 10.1. The second-order valence-electron chi connectivity index (χ2n) is 4.72. The zero-order valence-corrected chi connectivity index (χ0v) is 10.5. The van der Waals surface area contributed by atoms with Gasteiger partial charge in [0.15, 0.2) is 0 Å². The van der Waals surface area contributed by atoms with E-state index in [0.717, 1.165) is 0 Å². The summed E-state index contributed by atoms with van der Waals surface area (Å²) in [6.07, 6.45) is 0. The lowest BCUT2D eigenvalue weighted by Crippen LogP contribution is -2.47. The second kappa shape index (κ2) is 5.99. The molecule has 1 aliphatic rings. The van der Waals surface area contributed by atoms with Gasteiger partial charge in [-0.1, -0.05) is 0 Å². The summed E-state index contributed by atoms with van der Waals surface area (Å²) in [5.74, 6) is -1.09. The molecule has 1 aromatic carbocycles. The fourth-order valence-corrected chi connectivity index (χ4v) is 2.22. The SMILES string of the molecule is O=C(O)CN1CCN(Cc2cc(F)ccc2O)CC1. The van der Waals surface area contributed by atoms with Crippen molar-refractivity contribution in [2.24, 2.45) is 0 Å². The molecule has 0 bridgehead atoms. The molecule has 1 heterocycles. The summed E-state index contributed by atoms with van der Waals surface area (Å²) in [5.41, 5.74) is 0.562. The van der Waals surface area contributed by atoms with Crippen LogP contribution in [0.5, 0.6) is 5.75 Å². The molecule has 0 radical (unpaired) electrons. The summed E-state index contributed by atoms with van der Waals surface area (Å²) in [5, 5.41) is 18.4. The molecule has 0 spiro atoms. The van der Waals surface area contributed by atoms with E-state index in [1.54, 1.807) is 0 Å². The van der Waals surface area contributed by atoms with Gasteiger partial charge < -0.3 is 10.2 Å². The number of halogens is 1. The van der Waals surface area contributed by atoms with E-state index >= 15 is 0 Å². The van der Waals surface area contributed by atoms with Crippen molar-refractivity contribution < 1.29 is 19.4 Å². The third kappa shape index (κ3) is 3.90. The first kappa shape index (κ1) is 13.8. The lowest BCUT2D eigenvalue weighted by Gasteiger charge is -2.33. The predicted molar refractivity (Wildman–Crippen MR) is 67.4 cm³/mol. The Hall–Kier alpha value is -1.66.